The average Bonchev–Trinajstić information content (AvgIpc) is 2.63. The zero-order valence-electron chi connectivity index (χ0n) is 9.24. The summed E-state index contributed by atoms with van der Waals surface area (Å²) < 4.78 is 2.01. The van der Waals surface area contributed by atoms with Crippen LogP contribution >= 0.6 is 0 Å². The fraction of sp³-hybridized carbons (Fsp3) is 0.727. The quantitative estimate of drug-likeness (QED) is 0.754. The van der Waals surface area contributed by atoms with Gasteiger partial charge in [-0.25, -0.2) is 0 Å². The van der Waals surface area contributed by atoms with Crippen LogP contribution in [-0.2, 0) is 13.0 Å². The normalized spacial score (nSPS) is 13.1. The molecule has 0 saturated heterocycles. The van der Waals surface area contributed by atoms with Crippen molar-refractivity contribution >= 4 is 0 Å². The van der Waals surface area contributed by atoms with Crippen LogP contribution in [0, 0.1) is 0 Å². The first-order chi connectivity index (χ1) is 6.76. The number of aryl methyl sites for hydroxylation is 2. The predicted octanol–water partition coefficient (Wildman–Crippen LogP) is 1.96. The fourth-order valence-corrected chi connectivity index (χ4v) is 1.44. The molecule has 14 heavy (non-hydrogen) atoms. The predicted molar refractivity (Wildman–Crippen MR) is 59.1 cm³/mol. The highest BCUT2D eigenvalue weighted by molar-refractivity contribution is 5.04. The van der Waals surface area contributed by atoms with E-state index in [0.717, 1.165) is 32.2 Å². The van der Waals surface area contributed by atoms with Crippen LogP contribution in [0.15, 0.2) is 12.4 Å². The summed E-state index contributed by atoms with van der Waals surface area (Å²) in [7, 11) is 0. The molecule has 3 heteroatoms. The molecule has 1 unspecified atom stereocenters. The summed E-state index contributed by atoms with van der Waals surface area (Å²) in [5, 5.41) is 4.29. The third kappa shape index (κ3) is 3.50. The number of hydrogen-bond donors (Lipinski definition) is 1. The van der Waals surface area contributed by atoms with Crippen LogP contribution in [0.4, 0.5) is 0 Å². The van der Waals surface area contributed by atoms with Crippen LogP contribution in [0.3, 0.4) is 0 Å². The first-order valence-electron chi connectivity index (χ1n) is 5.53. The Bertz CT molecular complexity index is 255. The second kappa shape index (κ2) is 5.81. The van der Waals surface area contributed by atoms with E-state index in [9.17, 15) is 0 Å². The van der Waals surface area contributed by atoms with E-state index in [1.54, 1.807) is 0 Å². The van der Waals surface area contributed by atoms with Crippen LogP contribution in [0.2, 0.25) is 0 Å². The van der Waals surface area contributed by atoms with Gasteiger partial charge in [-0.1, -0.05) is 13.8 Å². The van der Waals surface area contributed by atoms with Crippen molar-refractivity contribution in [3.8, 4) is 0 Å². The van der Waals surface area contributed by atoms with Crippen molar-refractivity contribution in [3.63, 3.8) is 0 Å². The molecule has 0 aromatic carbocycles. The third-order valence-corrected chi connectivity index (χ3v) is 2.47. The first kappa shape index (κ1) is 11.2. The molecule has 1 heterocycles. The van der Waals surface area contributed by atoms with E-state index in [1.165, 1.54) is 5.56 Å². The highest BCUT2D eigenvalue weighted by atomic mass is 15.3. The van der Waals surface area contributed by atoms with E-state index in [-0.39, 0.29) is 0 Å². The maximum atomic E-state index is 5.86. The molecule has 0 aliphatic carbocycles. The summed E-state index contributed by atoms with van der Waals surface area (Å²) >= 11 is 0. The van der Waals surface area contributed by atoms with Crippen molar-refractivity contribution in [2.24, 2.45) is 5.73 Å². The molecule has 0 saturated carbocycles. The van der Waals surface area contributed by atoms with Crippen LogP contribution < -0.4 is 5.73 Å². The Morgan fingerprint density at radius 3 is 2.93 bits per heavy atom. The molecule has 0 aliphatic heterocycles. The van der Waals surface area contributed by atoms with Gasteiger partial charge in [-0.15, -0.1) is 0 Å². The number of hydrogen-bond acceptors (Lipinski definition) is 2. The maximum Gasteiger partial charge on any atom is 0.0521 e. The minimum Gasteiger partial charge on any atom is -0.328 e. The standard InChI is InChI=1S/C11H21N3/c1-3-7-14-9-10(8-13-14)5-6-11(12)4-2/h8-9,11H,3-7,12H2,1-2H3. The summed E-state index contributed by atoms with van der Waals surface area (Å²) in [4.78, 5) is 0. The minimum atomic E-state index is 0.338. The summed E-state index contributed by atoms with van der Waals surface area (Å²) in [5.41, 5.74) is 7.17. The van der Waals surface area contributed by atoms with Gasteiger partial charge in [0.15, 0.2) is 0 Å². The molecule has 3 nitrogen and oxygen atoms in total. The molecule has 0 spiro atoms. The van der Waals surface area contributed by atoms with Gasteiger partial charge in [0.05, 0.1) is 6.20 Å². The zero-order chi connectivity index (χ0) is 10.4. The highest BCUT2D eigenvalue weighted by Crippen LogP contribution is 2.05. The molecule has 0 fully saturated rings. The van der Waals surface area contributed by atoms with Gasteiger partial charge < -0.3 is 5.73 Å². The monoisotopic (exact) mass is 195 g/mol. The van der Waals surface area contributed by atoms with Crippen molar-refractivity contribution in [2.45, 2.75) is 52.1 Å². The molecule has 1 atom stereocenters. The summed E-state index contributed by atoms with van der Waals surface area (Å²) in [5.74, 6) is 0. The molecule has 0 aliphatic rings. The second-order valence-corrected chi connectivity index (χ2v) is 3.82. The second-order valence-electron chi connectivity index (χ2n) is 3.82. The molecule has 1 aromatic heterocycles. The largest absolute Gasteiger partial charge is 0.328 e. The van der Waals surface area contributed by atoms with E-state index >= 15 is 0 Å². The topological polar surface area (TPSA) is 43.8 Å². The van der Waals surface area contributed by atoms with E-state index < -0.39 is 0 Å². The van der Waals surface area contributed by atoms with Crippen molar-refractivity contribution in [1.29, 1.82) is 0 Å². The van der Waals surface area contributed by atoms with Gasteiger partial charge in [-0.3, -0.25) is 4.68 Å². The summed E-state index contributed by atoms with van der Waals surface area (Å²) in [6, 6.07) is 0.338. The zero-order valence-corrected chi connectivity index (χ0v) is 9.24. The summed E-state index contributed by atoms with van der Waals surface area (Å²) in [6.07, 6.45) is 8.40. The van der Waals surface area contributed by atoms with Gasteiger partial charge in [0.25, 0.3) is 0 Å². The van der Waals surface area contributed by atoms with E-state index in [1.807, 2.05) is 10.9 Å². The van der Waals surface area contributed by atoms with Gasteiger partial charge in [-0.05, 0) is 31.2 Å². The van der Waals surface area contributed by atoms with Crippen molar-refractivity contribution in [3.05, 3.63) is 18.0 Å². The SMILES string of the molecule is CCCn1cc(CCC(N)CC)cn1. The van der Waals surface area contributed by atoms with Crippen LogP contribution in [0.1, 0.15) is 38.7 Å². The number of aromatic nitrogens is 2. The fourth-order valence-electron chi connectivity index (χ4n) is 1.44. The number of rotatable bonds is 6. The first-order valence-corrected chi connectivity index (χ1v) is 5.53. The molecule has 0 radical (unpaired) electrons. The Morgan fingerprint density at radius 1 is 1.50 bits per heavy atom. The Hall–Kier alpha value is -0.830. The third-order valence-electron chi connectivity index (χ3n) is 2.47. The molecule has 0 bridgehead atoms. The Kier molecular flexibility index (Phi) is 4.66. The number of nitrogens with zero attached hydrogens (tertiary/aromatic N) is 2. The molecule has 0 amide bonds. The lowest BCUT2D eigenvalue weighted by atomic mass is 10.1. The smallest absolute Gasteiger partial charge is 0.0521 e. The molecule has 1 aromatic rings. The van der Waals surface area contributed by atoms with Crippen molar-refractivity contribution in [2.75, 3.05) is 0 Å². The van der Waals surface area contributed by atoms with Gasteiger partial charge in [0, 0.05) is 18.8 Å². The minimum absolute atomic E-state index is 0.338. The van der Waals surface area contributed by atoms with Gasteiger partial charge in [0.1, 0.15) is 0 Å². The van der Waals surface area contributed by atoms with Gasteiger partial charge in [0.2, 0.25) is 0 Å². The van der Waals surface area contributed by atoms with Crippen LogP contribution in [0.25, 0.3) is 0 Å². The van der Waals surface area contributed by atoms with E-state index in [2.05, 4.69) is 25.1 Å². The van der Waals surface area contributed by atoms with Gasteiger partial charge in [-0.2, -0.15) is 5.10 Å². The molecule has 80 valence electrons. The van der Waals surface area contributed by atoms with Crippen molar-refractivity contribution in [1.82, 2.24) is 9.78 Å². The summed E-state index contributed by atoms with van der Waals surface area (Å²) in [6.45, 7) is 5.30. The Balaban J connectivity index is 2.35. The lowest BCUT2D eigenvalue weighted by molar-refractivity contribution is 0.591. The van der Waals surface area contributed by atoms with Gasteiger partial charge >= 0.3 is 0 Å². The lowest BCUT2D eigenvalue weighted by Gasteiger charge is -2.05. The molecule has 1 rings (SSSR count). The van der Waals surface area contributed by atoms with E-state index in [4.69, 9.17) is 5.73 Å². The Morgan fingerprint density at radius 2 is 2.29 bits per heavy atom. The maximum absolute atomic E-state index is 5.86. The van der Waals surface area contributed by atoms with Crippen LogP contribution in [-0.4, -0.2) is 15.8 Å². The van der Waals surface area contributed by atoms with Crippen molar-refractivity contribution < 1.29 is 0 Å². The lowest BCUT2D eigenvalue weighted by Crippen LogP contribution is -2.18. The molecular formula is C11H21N3. The van der Waals surface area contributed by atoms with Crippen LogP contribution in [0.5, 0.6) is 0 Å². The average molecular weight is 195 g/mol. The number of nitrogens with two attached hydrogens (primary N) is 1. The molecular weight excluding hydrogens is 174 g/mol. The van der Waals surface area contributed by atoms with E-state index in [0.29, 0.717) is 6.04 Å². The highest BCUT2D eigenvalue weighted by Gasteiger charge is 2.02. The molecule has 2 N–H and O–H groups in total. The Labute approximate surface area is 86.3 Å².